The minimum absolute atomic E-state index is 0.259. The SMILES string of the molecule is O=[N+]([O-])OCC1CCNCC1.O=[N+]([O-])[O-]. The minimum atomic E-state index is -1.75. The van der Waals surface area contributed by atoms with Crippen molar-refractivity contribution >= 4 is 0 Å². The molecule has 1 aliphatic heterocycles. The van der Waals surface area contributed by atoms with Gasteiger partial charge < -0.3 is 25.5 Å². The fourth-order valence-electron chi connectivity index (χ4n) is 1.21. The maximum absolute atomic E-state index is 9.81. The van der Waals surface area contributed by atoms with Crippen molar-refractivity contribution in [2.45, 2.75) is 12.8 Å². The van der Waals surface area contributed by atoms with Crippen LogP contribution in [0.2, 0.25) is 0 Å². The summed E-state index contributed by atoms with van der Waals surface area (Å²) in [5, 5.41) is 27.0. The van der Waals surface area contributed by atoms with Crippen LogP contribution in [0.4, 0.5) is 0 Å². The van der Waals surface area contributed by atoms with Gasteiger partial charge in [-0.3, -0.25) is 0 Å². The number of hydrogen-bond acceptors (Lipinski definition) is 7. The summed E-state index contributed by atoms with van der Waals surface area (Å²) in [6.07, 6.45) is 1.96. The largest absolute Gasteiger partial charge is 0.356 e. The first kappa shape index (κ1) is 13.4. The average molecular weight is 222 g/mol. The first-order chi connectivity index (χ1) is 7.02. The van der Waals surface area contributed by atoms with E-state index >= 15 is 0 Å². The van der Waals surface area contributed by atoms with Crippen LogP contribution < -0.4 is 5.32 Å². The first-order valence-electron chi connectivity index (χ1n) is 4.32. The molecule has 0 aromatic rings. The Labute approximate surface area is 85.2 Å². The van der Waals surface area contributed by atoms with E-state index in [9.17, 15) is 10.1 Å². The lowest BCUT2D eigenvalue weighted by Crippen LogP contribution is -2.30. The summed E-state index contributed by atoms with van der Waals surface area (Å²) in [4.78, 5) is 22.3. The maximum Gasteiger partial charge on any atom is 0.294 e. The number of nitrogens with one attached hydrogen (secondary N) is 1. The Kier molecular flexibility index (Phi) is 6.89. The molecule has 9 heteroatoms. The standard InChI is InChI=1S/C6H12N2O3.NO3/c9-8(10)11-5-6-1-3-7-4-2-6;2-1(3)4/h6-7H,1-5H2;/q;-1. The predicted molar refractivity (Wildman–Crippen MR) is 48.9 cm³/mol. The van der Waals surface area contributed by atoms with Gasteiger partial charge in [-0.05, 0) is 31.8 Å². The molecular weight excluding hydrogens is 210 g/mol. The molecule has 0 spiro atoms. The van der Waals surface area contributed by atoms with E-state index in [1.165, 1.54) is 0 Å². The molecule has 1 fully saturated rings. The third kappa shape index (κ3) is 10.3. The molecule has 1 heterocycles. The van der Waals surface area contributed by atoms with Gasteiger partial charge in [-0.25, -0.2) is 0 Å². The maximum atomic E-state index is 9.81. The number of rotatable bonds is 3. The van der Waals surface area contributed by atoms with Crippen LogP contribution in [0.25, 0.3) is 0 Å². The average Bonchev–Trinajstić information content (AvgIpc) is 2.15. The van der Waals surface area contributed by atoms with Crippen LogP contribution in [0.1, 0.15) is 12.8 Å². The lowest BCUT2D eigenvalue weighted by Gasteiger charge is -2.20. The summed E-state index contributed by atoms with van der Waals surface area (Å²) in [6.45, 7) is 2.16. The lowest BCUT2D eigenvalue weighted by atomic mass is 10.00. The molecule has 1 N–H and O–H groups in total. The molecular formula is C6H12N3O6-. The van der Waals surface area contributed by atoms with Crippen molar-refractivity contribution in [1.29, 1.82) is 0 Å². The van der Waals surface area contributed by atoms with Crippen LogP contribution >= 0.6 is 0 Å². The van der Waals surface area contributed by atoms with Gasteiger partial charge in [0, 0.05) is 0 Å². The quantitative estimate of drug-likeness (QED) is 0.523. The first-order valence-corrected chi connectivity index (χ1v) is 4.32. The Balaban J connectivity index is 0.000000423. The van der Waals surface area contributed by atoms with Crippen molar-refractivity contribution in [3.05, 3.63) is 25.4 Å². The van der Waals surface area contributed by atoms with Gasteiger partial charge in [-0.1, -0.05) is 0 Å². The highest BCUT2D eigenvalue weighted by Crippen LogP contribution is 2.11. The molecule has 88 valence electrons. The Hall–Kier alpha value is -1.64. The molecule has 1 rings (SSSR count). The molecule has 0 unspecified atom stereocenters. The summed E-state index contributed by atoms with van der Waals surface area (Å²) in [6, 6.07) is 0. The zero-order chi connectivity index (χ0) is 11.7. The highest BCUT2D eigenvalue weighted by atomic mass is 16.9. The smallest absolute Gasteiger partial charge is 0.294 e. The van der Waals surface area contributed by atoms with Gasteiger partial charge in [-0.2, -0.15) is 0 Å². The van der Waals surface area contributed by atoms with Gasteiger partial charge >= 0.3 is 0 Å². The zero-order valence-corrected chi connectivity index (χ0v) is 7.96. The monoisotopic (exact) mass is 222 g/mol. The van der Waals surface area contributed by atoms with E-state index in [1.807, 2.05) is 0 Å². The van der Waals surface area contributed by atoms with Crippen LogP contribution in [-0.4, -0.2) is 29.9 Å². The summed E-state index contributed by atoms with van der Waals surface area (Å²) in [5.74, 6) is 0.363. The zero-order valence-electron chi connectivity index (χ0n) is 7.96. The highest BCUT2D eigenvalue weighted by Gasteiger charge is 2.13. The molecule has 0 bridgehead atoms. The van der Waals surface area contributed by atoms with Crippen LogP contribution in [0.5, 0.6) is 0 Å². The van der Waals surface area contributed by atoms with E-state index < -0.39 is 10.2 Å². The molecule has 15 heavy (non-hydrogen) atoms. The highest BCUT2D eigenvalue weighted by molar-refractivity contribution is 4.66. The summed E-state index contributed by atoms with van der Waals surface area (Å²) in [5.41, 5.74) is 0. The van der Waals surface area contributed by atoms with Gasteiger partial charge in [0.15, 0.2) is 0 Å². The van der Waals surface area contributed by atoms with E-state index in [1.54, 1.807) is 0 Å². The van der Waals surface area contributed by atoms with E-state index in [0.717, 1.165) is 25.9 Å². The van der Waals surface area contributed by atoms with Gasteiger partial charge in [-0.15, -0.1) is 10.1 Å². The van der Waals surface area contributed by atoms with Crippen LogP contribution in [-0.2, 0) is 4.84 Å². The molecule has 0 aliphatic carbocycles. The van der Waals surface area contributed by atoms with Crippen molar-refractivity contribution in [1.82, 2.24) is 5.32 Å². The van der Waals surface area contributed by atoms with Crippen molar-refractivity contribution in [3.8, 4) is 0 Å². The predicted octanol–water partition coefficient (Wildman–Crippen LogP) is -0.0448. The molecule has 0 aromatic heterocycles. The molecule has 0 atom stereocenters. The van der Waals surface area contributed by atoms with E-state index in [2.05, 4.69) is 10.2 Å². The molecule has 1 aliphatic rings. The molecule has 0 radical (unpaired) electrons. The van der Waals surface area contributed by atoms with Crippen LogP contribution in [0, 0.1) is 31.4 Å². The Bertz CT molecular complexity index is 201. The molecule has 0 saturated carbocycles. The third-order valence-electron chi connectivity index (χ3n) is 1.87. The Morgan fingerprint density at radius 2 is 1.67 bits per heavy atom. The van der Waals surface area contributed by atoms with Gasteiger partial charge in [0.1, 0.15) is 0 Å². The normalized spacial score (nSPS) is 16.0. The van der Waals surface area contributed by atoms with Crippen molar-refractivity contribution in [2.24, 2.45) is 5.92 Å². The second-order valence-electron chi connectivity index (χ2n) is 2.94. The van der Waals surface area contributed by atoms with Crippen molar-refractivity contribution in [2.75, 3.05) is 19.7 Å². The summed E-state index contributed by atoms with van der Waals surface area (Å²) >= 11 is 0. The van der Waals surface area contributed by atoms with Crippen LogP contribution in [0.3, 0.4) is 0 Å². The molecule has 1 saturated heterocycles. The van der Waals surface area contributed by atoms with Gasteiger partial charge in [0.2, 0.25) is 0 Å². The number of nitrogens with zero attached hydrogens (tertiary/aromatic N) is 2. The van der Waals surface area contributed by atoms with Gasteiger partial charge in [0.05, 0.1) is 11.7 Å². The van der Waals surface area contributed by atoms with Gasteiger partial charge in [0.25, 0.3) is 5.09 Å². The van der Waals surface area contributed by atoms with Crippen LogP contribution in [0.15, 0.2) is 0 Å². The summed E-state index contributed by atoms with van der Waals surface area (Å²) in [7, 11) is 0. The second-order valence-corrected chi connectivity index (χ2v) is 2.94. The summed E-state index contributed by atoms with van der Waals surface area (Å²) < 4.78 is 0. The van der Waals surface area contributed by atoms with E-state index in [4.69, 9.17) is 15.3 Å². The van der Waals surface area contributed by atoms with E-state index in [0.29, 0.717) is 5.92 Å². The fraction of sp³-hybridized carbons (Fsp3) is 1.00. The number of hydrogen-bond donors (Lipinski definition) is 1. The topological polar surface area (TPSA) is 131 Å². The molecule has 0 aromatic carbocycles. The third-order valence-corrected chi connectivity index (χ3v) is 1.87. The Morgan fingerprint density at radius 1 is 1.20 bits per heavy atom. The Morgan fingerprint density at radius 3 is 2.07 bits per heavy atom. The number of piperidine rings is 1. The molecule has 9 nitrogen and oxygen atoms in total. The lowest BCUT2D eigenvalue weighted by molar-refractivity contribution is -0.759. The van der Waals surface area contributed by atoms with Crippen molar-refractivity contribution < 1.29 is 15.0 Å². The second kappa shape index (κ2) is 7.74. The fourth-order valence-corrected chi connectivity index (χ4v) is 1.21. The minimum Gasteiger partial charge on any atom is -0.356 e. The van der Waals surface area contributed by atoms with Crippen molar-refractivity contribution in [3.63, 3.8) is 0 Å². The van der Waals surface area contributed by atoms with E-state index in [-0.39, 0.29) is 6.61 Å². The molecule has 0 amide bonds.